The number of likely N-dealkylation sites (N-methyl/N-ethyl adjacent to an activating group) is 2. The van der Waals surface area contributed by atoms with Crippen molar-refractivity contribution in [1.82, 2.24) is 14.7 Å². The number of amides is 3. The summed E-state index contributed by atoms with van der Waals surface area (Å²) in [7, 11) is 3.16. The van der Waals surface area contributed by atoms with Crippen molar-refractivity contribution in [3.63, 3.8) is 0 Å². The Morgan fingerprint density at radius 2 is 1.69 bits per heavy atom. The Morgan fingerprint density at radius 3 is 2.27 bits per heavy atom. The fraction of sp³-hybridized carbons (Fsp3) is 0.444. The second-order valence-corrected chi connectivity index (χ2v) is 6.77. The van der Waals surface area contributed by atoms with Gasteiger partial charge in [0.25, 0.3) is 5.91 Å². The lowest BCUT2D eigenvalue weighted by Crippen LogP contribution is -2.62. The molecule has 1 unspecified atom stereocenters. The number of imide groups is 1. The number of urea groups is 1. The van der Waals surface area contributed by atoms with Gasteiger partial charge in [0.2, 0.25) is 11.9 Å². The fourth-order valence-corrected chi connectivity index (χ4v) is 3.42. The smallest absolute Gasteiger partial charge is 0.270 e. The molecule has 0 N–H and O–H groups in total. The van der Waals surface area contributed by atoms with Crippen molar-refractivity contribution in [3.05, 3.63) is 34.9 Å². The highest BCUT2D eigenvalue weighted by atomic mass is 35.5. The lowest BCUT2D eigenvalue weighted by Gasteiger charge is -2.33. The fourth-order valence-electron chi connectivity index (χ4n) is 3.29. The zero-order chi connectivity index (χ0) is 19.0. The van der Waals surface area contributed by atoms with Crippen LogP contribution in [0.4, 0.5) is 4.79 Å². The number of rotatable bonds is 4. The average molecular weight is 377 g/mol. The van der Waals surface area contributed by atoms with Crippen LogP contribution in [0.2, 0.25) is 5.02 Å². The van der Waals surface area contributed by atoms with Crippen LogP contribution in [0.1, 0.15) is 19.4 Å². The quantitative estimate of drug-likeness (QED) is 0.753. The highest BCUT2D eigenvalue weighted by Crippen LogP contribution is 2.25. The molecule has 2 aliphatic heterocycles. The van der Waals surface area contributed by atoms with Gasteiger partial charge < -0.3 is 0 Å². The van der Waals surface area contributed by atoms with Gasteiger partial charge in [-0.15, -0.1) is 0 Å². The van der Waals surface area contributed by atoms with Gasteiger partial charge in [-0.05, 0) is 31.5 Å². The van der Waals surface area contributed by atoms with Crippen molar-refractivity contribution in [1.29, 1.82) is 0 Å². The van der Waals surface area contributed by atoms with Gasteiger partial charge in [0.1, 0.15) is 0 Å². The molecule has 0 aliphatic carbocycles. The van der Waals surface area contributed by atoms with Gasteiger partial charge >= 0.3 is 12.0 Å². The predicted molar refractivity (Wildman–Crippen MR) is 100 cm³/mol. The summed E-state index contributed by atoms with van der Waals surface area (Å²) in [4.78, 5) is 34.4. The summed E-state index contributed by atoms with van der Waals surface area (Å²) in [6.07, 6.45) is 0. The molecule has 0 spiro atoms. The molecule has 1 fully saturated rings. The lowest BCUT2D eigenvalue weighted by atomic mass is 10.1. The number of halogens is 1. The molecule has 3 amide bonds. The molecule has 0 bridgehead atoms. The first kappa shape index (κ1) is 18.4. The molecule has 1 aromatic carbocycles. The van der Waals surface area contributed by atoms with Crippen LogP contribution in [0, 0.1) is 0 Å². The first-order valence-electron chi connectivity index (χ1n) is 8.65. The zero-order valence-electron chi connectivity index (χ0n) is 15.4. The van der Waals surface area contributed by atoms with E-state index in [9.17, 15) is 9.59 Å². The number of carbonyl (C=O) groups excluding carboxylic acids is 2. The normalized spacial score (nSPS) is 19.9. The molecule has 0 aromatic heterocycles. The Labute approximate surface area is 158 Å². The molecule has 138 valence electrons. The Hall–Kier alpha value is -2.41. The van der Waals surface area contributed by atoms with E-state index in [1.54, 1.807) is 7.05 Å². The van der Waals surface area contributed by atoms with E-state index in [-0.39, 0.29) is 11.9 Å². The van der Waals surface area contributed by atoms with E-state index in [0.29, 0.717) is 23.4 Å². The number of hydrogen-bond acceptors (Lipinski definition) is 2. The summed E-state index contributed by atoms with van der Waals surface area (Å²) in [5.74, 6) is 0.935. The van der Waals surface area contributed by atoms with Crippen molar-refractivity contribution < 1.29 is 14.2 Å². The number of aliphatic imine (C=N–C) groups is 1. The van der Waals surface area contributed by atoms with Gasteiger partial charge in [0, 0.05) is 19.1 Å². The van der Waals surface area contributed by atoms with Gasteiger partial charge in [-0.2, -0.15) is 0 Å². The van der Waals surface area contributed by atoms with E-state index in [4.69, 9.17) is 11.6 Å². The first-order valence-corrected chi connectivity index (χ1v) is 9.03. The van der Waals surface area contributed by atoms with Crippen LogP contribution in [0.5, 0.6) is 0 Å². The van der Waals surface area contributed by atoms with Crippen LogP contribution in [0.25, 0.3) is 0 Å². The highest BCUT2D eigenvalue weighted by Gasteiger charge is 2.55. The molecule has 8 heteroatoms. The third-order valence-corrected chi connectivity index (χ3v) is 5.07. The second-order valence-electron chi connectivity index (χ2n) is 6.34. The molecule has 0 saturated carbocycles. The third-order valence-electron chi connectivity index (χ3n) is 4.82. The molecule has 1 saturated heterocycles. The molecular formula is C18H23ClN5O2+. The molecule has 0 radical (unpaired) electrons. The average Bonchev–Trinajstić information content (AvgIpc) is 3.00. The maximum atomic E-state index is 12.9. The molecule has 1 atom stereocenters. The van der Waals surface area contributed by atoms with E-state index < -0.39 is 6.04 Å². The van der Waals surface area contributed by atoms with Gasteiger partial charge in [0.15, 0.2) is 0 Å². The van der Waals surface area contributed by atoms with Crippen LogP contribution in [0.3, 0.4) is 0 Å². The van der Waals surface area contributed by atoms with Crippen molar-refractivity contribution in [2.45, 2.75) is 26.4 Å². The highest BCUT2D eigenvalue weighted by molar-refractivity contribution is 6.30. The van der Waals surface area contributed by atoms with Crippen LogP contribution in [0.15, 0.2) is 29.3 Å². The van der Waals surface area contributed by atoms with E-state index >= 15 is 0 Å². The summed E-state index contributed by atoms with van der Waals surface area (Å²) in [5, 5.41) is 0.666. The second kappa shape index (κ2) is 7.07. The van der Waals surface area contributed by atoms with Crippen LogP contribution >= 0.6 is 11.6 Å². The minimum atomic E-state index is -0.603. The van der Waals surface area contributed by atoms with Crippen molar-refractivity contribution in [2.24, 2.45) is 4.99 Å². The minimum Gasteiger partial charge on any atom is -0.270 e. The molecule has 2 aliphatic rings. The van der Waals surface area contributed by atoms with Crippen molar-refractivity contribution in [2.75, 3.05) is 27.2 Å². The summed E-state index contributed by atoms with van der Waals surface area (Å²) in [5.41, 5.74) is 1.02. The maximum Gasteiger partial charge on any atom is 0.392 e. The van der Waals surface area contributed by atoms with Crippen LogP contribution < -0.4 is 0 Å². The molecule has 26 heavy (non-hydrogen) atoms. The first-order chi connectivity index (χ1) is 12.4. The number of benzene rings is 1. The van der Waals surface area contributed by atoms with Crippen LogP contribution in [-0.2, 0) is 11.3 Å². The molecular weight excluding hydrogens is 354 g/mol. The monoisotopic (exact) mass is 376 g/mol. The maximum absolute atomic E-state index is 12.9. The number of nitrogens with zero attached hydrogens (tertiary/aromatic N) is 5. The summed E-state index contributed by atoms with van der Waals surface area (Å²) in [6.45, 7) is 6.11. The number of amidine groups is 1. The van der Waals surface area contributed by atoms with Crippen molar-refractivity contribution in [3.8, 4) is 0 Å². The Bertz CT molecular complexity index is 796. The zero-order valence-corrected chi connectivity index (χ0v) is 16.2. The van der Waals surface area contributed by atoms with E-state index in [1.165, 1.54) is 11.9 Å². The van der Waals surface area contributed by atoms with E-state index in [0.717, 1.165) is 23.6 Å². The molecule has 3 rings (SSSR count). The van der Waals surface area contributed by atoms with Crippen LogP contribution in [-0.4, -0.2) is 76.2 Å². The third kappa shape index (κ3) is 2.96. The van der Waals surface area contributed by atoms with E-state index in [2.05, 4.69) is 9.57 Å². The molecule has 7 nitrogen and oxygen atoms in total. The van der Waals surface area contributed by atoms with Gasteiger partial charge in [-0.1, -0.05) is 28.7 Å². The Kier molecular flexibility index (Phi) is 5.00. The SMILES string of the molecule is CC[N+](CC)=C1N=C2C(C(=O)N(C)C(=O)N2C)N1Cc1ccc(Cl)cc1. The predicted octanol–water partition coefficient (Wildman–Crippen LogP) is 1.85. The number of fused-ring (bicyclic) bond motifs is 1. The van der Waals surface area contributed by atoms with Crippen molar-refractivity contribution >= 4 is 35.3 Å². The minimum absolute atomic E-state index is 0.261. The van der Waals surface area contributed by atoms with Gasteiger partial charge in [-0.3, -0.25) is 19.2 Å². The molecule has 1 aromatic rings. The Morgan fingerprint density at radius 1 is 1.08 bits per heavy atom. The lowest BCUT2D eigenvalue weighted by molar-refractivity contribution is -0.526. The largest absolute Gasteiger partial charge is 0.392 e. The molecule has 2 heterocycles. The summed E-state index contributed by atoms with van der Waals surface area (Å²) >= 11 is 5.99. The standard InChI is InChI=1S/C18H23ClN5O2/c1-5-23(6-2)17-20-15-14(16(25)22(4)18(26)21(15)3)24(17)11-12-7-9-13(19)10-8-12/h7-10,14H,5-6,11H2,1-4H3/q+1. The number of carbonyl (C=O) groups is 2. The van der Waals surface area contributed by atoms with E-state index in [1.807, 2.05) is 43.0 Å². The number of guanidine groups is 1. The topological polar surface area (TPSA) is 59.2 Å². The summed E-state index contributed by atoms with van der Waals surface area (Å²) in [6, 6.07) is 6.57. The summed E-state index contributed by atoms with van der Waals surface area (Å²) < 4.78 is 2.09. The number of hydrogen-bond donors (Lipinski definition) is 0. The Balaban J connectivity index is 2.06. The van der Waals surface area contributed by atoms with Gasteiger partial charge in [0.05, 0.1) is 19.6 Å². The van der Waals surface area contributed by atoms with Gasteiger partial charge in [-0.25, -0.2) is 9.69 Å².